The molecule has 0 heterocycles. The van der Waals surface area contributed by atoms with E-state index >= 15 is 0 Å². The van der Waals surface area contributed by atoms with E-state index in [4.69, 9.17) is 5.73 Å². The molecule has 2 aromatic rings. The number of rotatable bonds is 16. The highest BCUT2D eigenvalue weighted by molar-refractivity contribution is 5.25. The summed E-state index contributed by atoms with van der Waals surface area (Å²) in [6.07, 6.45) is 18.6. The second-order valence-electron chi connectivity index (χ2n) is 13.1. The van der Waals surface area contributed by atoms with Gasteiger partial charge < -0.3 is 5.73 Å². The molecule has 2 rings (SSSR count). The van der Waals surface area contributed by atoms with Crippen molar-refractivity contribution in [3.05, 3.63) is 83.1 Å². The molecule has 0 bridgehead atoms. The Balaban J connectivity index is 0. The Morgan fingerprint density at radius 1 is 0.767 bits per heavy atom. The van der Waals surface area contributed by atoms with Crippen molar-refractivity contribution in [2.24, 2.45) is 17.1 Å². The minimum atomic E-state index is 0.613. The van der Waals surface area contributed by atoms with Crippen LogP contribution >= 0.6 is 0 Å². The predicted molar refractivity (Wildman–Crippen MR) is 199 cm³/mol. The summed E-state index contributed by atoms with van der Waals surface area (Å²) in [7, 11) is 0. The second-order valence-corrected chi connectivity index (χ2v) is 13.1. The van der Waals surface area contributed by atoms with E-state index in [0.717, 1.165) is 18.3 Å². The van der Waals surface area contributed by atoms with Gasteiger partial charge in [0.25, 0.3) is 0 Å². The Morgan fingerprint density at radius 2 is 1.28 bits per heavy atom. The summed E-state index contributed by atoms with van der Waals surface area (Å²) in [4.78, 5) is 0. The topological polar surface area (TPSA) is 26.0 Å². The van der Waals surface area contributed by atoms with Gasteiger partial charge in [-0.1, -0.05) is 155 Å². The van der Waals surface area contributed by atoms with Crippen molar-refractivity contribution in [1.29, 1.82) is 0 Å². The van der Waals surface area contributed by atoms with Crippen molar-refractivity contribution in [3.63, 3.8) is 0 Å². The monoisotopic (exact) mass is 594 g/mol. The van der Waals surface area contributed by atoms with E-state index in [1.165, 1.54) is 100 Å². The number of hydrogen-bond donors (Lipinski definition) is 1. The van der Waals surface area contributed by atoms with Crippen LogP contribution in [0.2, 0.25) is 0 Å². The molecule has 0 fully saturated rings. The Bertz CT molecular complexity index is 872. The van der Waals surface area contributed by atoms with Crippen LogP contribution in [0, 0.1) is 18.3 Å². The highest BCUT2D eigenvalue weighted by atomic mass is 14.5. The van der Waals surface area contributed by atoms with Gasteiger partial charge in [0.15, 0.2) is 0 Å². The first kappa shape index (κ1) is 43.1. The van der Waals surface area contributed by atoms with Crippen molar-refractivity contribution < 1.29 is 0 Å². The third kappa shape index (κ3) is 22.2. The summed E-state index contributed by atoms with van der Waals surface area (Å²) in [6, 6.07) is 18.3. The van der Waals surface area contributed by atoms with Gasteiger partial charge in [0.2, 0.25) is 0 Å². The van der Waals surface area contributed by atoms with Crippen molar-refractivity contribution >= 4 is 0 Å². The third-order valence-electron chi connectivity index (χ3n) is 8.33. The minimum Gasteiger partial charge on any atom is -0.403 e. The number of nitrogens with two attached hydrogens (primary N) is 1. The van der Waals surface area contributed by atoms with Crippen LogP contribution in [0.5, 0.6) is 0 Å². The Hall–Kier alpha value is -2.02. The first-order valence-corrected chi connectivity index (χ1v) is 18.1. The van der Waals surface area contributed by atoms with Crippen LogP contribution in [0.15, 0.2) is 60.8 Å². The first-order chi connectivity index (χ1) is 20.5. The number of benzene rings is 2. The van der Waals surface area contributed by atoms with Gasteiger partial charge in [-0.2, -0.15) is 0 Å². The number of allylic oxidation sites excluding steroid dienone is 1. The van der Waals surface area contributed by atoms with Crippen LogP contribution in [0.1, 0.15) is 174 Å². The molecule has 0 aromatic heterocycles. The molecule has 0 aliphatic rings. The Kier molecular flexibility index (Phi) is 27.6. The lowest BCUT2D eigenvalue weighted by Crippen LogP contribution is -2.20. The molecular formula is C42H75N. The fourth-order valence-electron chi connectivity index (χ4n) is 6.09. The van der Waals surface area contributed by atoms with E-state index in [2.05, 4.69) is 124 Å². The molecule has 2 N–H and O–H groups in total. The van der Waals surface area contributed by atoms with Gasteiger partial charge in [-0.3, -0.25) is 0 Å². The zero-order valence-electron chi connectivity index (χ0n) is 31.0. The van der Waals surface area contributed by atoms with Gasteiger partial charge in [-0.15, -0.1) is 0 Å². The van der Waals surface area contributed by atoms with Crippen LogP contribution in [-0.4, -0.2) is 0 Å². The standard InChI is InChI=1S/C27H48.C9H12.C3H7N.C3H8/c1-7-18-27(19-8-2,20-9-3)21-12-13-24-14-16-26(17-15-24)25(11-5)22-23(6)10-4;1-3-9-6-4-5-8(2)7-9;1-3(2)4;1-3-2/h14-17,23,25H,7-13,18-22H2,1-6H3;4-7H,3H2,1-2H3;1,4H2,2H3;3H2,1-2H3. The molecule has 0 amide bonds. The summed E-state index contributed by atoms with van der Waals surface area (Å²) < 4.78 is 0. The van der Waals surface area contributed by atoms with Crippen LogP contribution in [0.25, 0.3) is 0 Å². The Labute approximate surface area is 271 Å². The fourth-order valence-corrected chi connectivity index (χ4v) is 6.09. The zero-order chi connectivity index (χ0) is 33.1. The summed E-state index contributed by atoms with van der Waals surface area (Å²) in [5, 5.41) is 0. The molecule has 248 valence electrons. The molecule has 43 heavy (non-hydrogen) atoms. The summed E-state index contributed by atoms with van der Waals surface area (Å²) in [5.41, 5.74) is 12.1. The van der Waals surface area contributed by atoms with Gasteiger partial charge in [0, 0.05) is 0 Å². The van der Waals surface area contributed by atoms with Gasteiger partial charge in [0.1, 0.15) is 0 Å². The average molecular weight is 594 g/mol. The molecule has 1 nitrogen and oxygen atoms in total. The third-order valence-corrected chi connectivity index (χ3v) is 8.33. The lowest BCUT2D eigenvalue weighted by Gasteiger charge is -2.34. The van der Waals surface area contributed by atoms with Crippen molar-refractivity contribution in [3.8, 4) is 0 Å². The molecule has 0 aliphatic heterocycles. The maximum Gasteiger partial charge on any atom is -0.00242 e. The summed E-state index contributed by atoms with van der Waals surface area (Å²) in [5.74, 6) is 1.57. The molecule has 0 saturated heterocycles. The van der Waals surface area contributed by atoms with Gasteiger partial charge in [-0.25, -0.2) is 0 Å². The van der Waals surface area contributed by atoms with E-state index < -0.39 is 0 Å². The highest BCUT2D eigenvalue weighted by Crippen LogP contribution is 2.40. The molecule has 2 aromatic carbocycles. The average Bonchev–Trinajstić information content (AvgIpc) is 2.97. The summed E-state index contributed by atoms with van der Waals surface area (Å²) in [6.45, 7) is 27.8. The normalized spacial score (nSPS) is 12.0. The maximum atomic E-state index is 4.92. The van der Waals surface area contributed by atoms with Gasteiger partial charge in [-0.05, 0) is 111 Å². The molecule has 0 spiro atoms. The molecule has 2 unspecified atom stereocenters. The van der Waals surface area contributed by atoms with E-state index in [-0.39, 0.29) is 0 Å². The van der Waals surface area contributed by atoms with E-state index in [0.29, 0.717) is 11.1 Å². The van der Waals surface area contributed by atoms with Crippen LogP contribution in [0.4, 0.5) is 0 Å². The van der Waals surface area contributed by atoms with Crippen LogP contribution in [-0.2, 0) is 12.8 Å². The van der Waals surface area contributed by atoms with Crippen LogP contribution < -0.4 is 5.73 Å². The molecule has 0 saturated carbocycles. The number of aryl methyl sites for hydroxylation is 3. The van der Waals surface area contributed by atoms with E-state index in [1.807, 2.05) is 0 Å². The zero-order valence-corrected chi connectivity index (χ0v) is 31.0. The Morgan fingerprint density at radius 3 is 1.65 bits per heavy atom. The maximum absolute atomic E-state index is 4.92. The molecule has 1 heteroatoms. The largest absolute Gasteiger partial charge is 0.403 e. The SMILES string of the molecule is C=C(C)N.CCC.CCCC(CCC)(CCC)CCCc1ccc(C(CC)CC(C)CC)cc1.CCc1cccc(C)c1. The van der Waals surface area contributed by atoms with Crippen molar-refractivity contribution in [2.75, 3.05) is 0 Å². The predicted octanol–water partition coefficient (Wildman–Crippen LogP) is 13.8. The first-order valence-electron chi connectivity index (χ1n) is 18.1. The molecule has 0 radical (unpaired) electrons. The molecule has 2 atom stereocenters. The fraction of sp³-hybridized carbons (Fsp3) is 0.667. The number of hydrogen-bond acceptors (Lipinski definition) is 1. The smallest absolute Gasteiger partial charge is 0.00242 e. The molecular weight excluding hydrogens is 518 g/mol. The van der Waals surface area contributed by atoms with Crippen molar-refractivity contribution in [2.45, 2.75) is 172 Å². The lowest BCUT2D eigenvalue weighted by molar-refractivity contribution is 0.188. The molecule has 0 aliphatic carbocycles. The minimum absolute atomic E-state index is 0.613. The second kappa shape index (κ2) is 27.5. The van der Waals surface area contributed by atoms with Crippen molar-refractivity contribution in [1.82, 2.24) is 0 Å². The van der Waals surface area contributed by atoms with Gasteiger partial charge in [0.05, 0.1) is 0 Å². The summed E-state index contributed by atoms with van der Waals surface area (Å²) >= 11 is 0. The quantitative estimate of drug-likeness (QED) is 0.206. The van der Waals surface area contributed by atoms with E-state index in [9.17, 15) is 0 Å². The van der Waals surface area contributed by atoms with Gasteiger partial charge >= 0.3 is 0 Å². The lowest BCUT2D eigenvalue weighted by atomic mass is 9.72. The van der Waals surface area contributed by atoms with Crippen LogP contribution in [0.3, 0.4) is 0 Å². The van der Waals surface area contributed by atoms with E-state index in [1.54, 1.807) is 12.5 Å². The highest BCUT2D eigenvalue weighted by Gasteiger charge is 2.26.